The summed E-state index contributed by atoms with van der Waals surface area (Å²) in [5, 5.41) is 6.03. The molecule has 36 heavy (non-hydrogen) atoms. The number of nitrogens with one attached hydrogen (secondary N) is 2. The van der Waals surface area contributed by atoms with Crippen LogP contribution in [0.15, 0.2) is 11.6 Å². The number of likely N-dealkylation sites (tertiary alicyclic amines) is 1. The normalized spacial score (nSPS) is 18.2. The van der Waals surface area contributed by atoms with Gasteiger partial charge in [0.2, 0.25) is 17.7 Å². The Morgan fingerprint density at radius 3 is 2.22 bits per heavy atom. The molecule has 0 aromatic carbocycles. The Bertz CT molecular complexity index is 696. The minimum Gasteiger partial charge on any atom is -0.350 e. The van der Waals surface area contributed by atoms with Gasteiger partial charge in [0.25, 0.3) is 0 Å². The molecule has 0 aliphatic carbocycles. The fourth-order valence-electron chi connectivity index (χ4n) is 4.01. The van der Waals surface area contributed by atoms with E-state index in [0.717, 1.165) is 38.0 Å². The van der Waals surface area contributed by atoms with Crippen LogP contribution in [-0.2, 0) is 14.4 Å². The predicted octanol–water partition coefficient (Wildman–Crippen LogP) is 4.47. The molecule has 0 aromatic heterocycles. The lowest BCUT2D eigenvalue weighted by Gasteiger charge is -2.38. The van der Waals surface area contributed by atoms with Crippen LogP contribution in [0.2, 0.25) is 0 Å². The second-order valence-corrected chi connectivity index (χ2v) is 11.5. The van der Waals surface area contributed by atoms with Gasteiger partial charge in [0.05, 0.1) is 6.04 Å². The van der Waals surface area contributed by atoms with E-state index in [9.17, 15) is 14.4 Å². The summed E-state index contributed by atoms with van der Waals surface area (Å²) in [6.07, 6.45) is 8.95. The predicted molar refractivity (Wildman–Crippen MR) is 154 cm³/mol. The first-order chi connectivity index (χ1) is 16.9. The lowest BCUT2D eigenvalue weighted by molar-refractivity contribution is -0.138. The van der Waals surface area contributed by atoms with Gasteiger partial charge in [-0.3, -0.25) is 19.3 Å². The van der Waals surface area contributed by atoms with Crippen molar-refractivity contribution in [2.24, 2.45) is 5.92 Å². The first kappa shape index (κ1) is 34.5. The fourth-order valence-corrected chi connectivity index (χ4v) is 4.60. The summed E-state index contributed by atoms with van der Waals surface area (Å²) >= 11 is 1.76. The van der Waals surface area contributed by atoms with E-state index >= 15 is 0 Å². The van der Waals surface area contributed by atoms with Gasteiger partial charge in [-0.15, -0.1) is 0 Å². The van der Waals surface area contributed by atoms with Crippen LogP contribution in [0.3, 0.4) is 0 Å². The summed E-state index contributed by atoms with van der Waals surface area (Å²) in [4.78, 5) is 42.5. The first-order valence-corrected chi connectivity index (χ1v) is 15.1. The molecule has 0 bridgehead atoms. The number of hydrogen-bond donors (Lipinski definition) is 2. The smallest absolute Gasteiger partial charge is 0.246 e. The average molecular weight is 527 g/mol. The van der Waals surface area contributed by atoms with Gasteiger partial charge < -0.3 is 15.5 Å². The maximum absolute atomic E-state index is 13.2. The summed E-state index contributed by atoms with van der Waals surface area (Å²) in [5.41, 5.74) is 0.588. The monoisotopic (exact) mass is 526 g/mol. The van der Waals surface area contributed by atoms with Crippen LogP contribution in [0.5, 0.6) is 0 Å². The number of carbonyl (C=O) groups is 3. The topological polar surface area (TPSA) is 81.8 Å². The molecule has 1 aliphatic heterocycles. The third-order valence-corrected chi connectivity index (χ3v) is 6.92. The molecule has 0 spiro atoms. The van der Waals surface area contributed by atoms with Crippen molar-refractivity contribution >= 4 is 29.5 Å². The van der Waals surface area contributed by atoms with Crippen molar-refractivity contribution in [2.45, 2.75) is 112 Å². The van der Waals surface area contributed by atoms with Gasteiger partial charge in [-0.05, 0) is 71.4 Å². The highest BCUT2D eigenvalue weighted by Gasteiger charge is 2.34. The quantitative estimate of drug-likeness (QED) is 0.367. The summed E-state index contributed by atoms with van der Waals surface area (Å²) in [6, 6.07) is -0.373. The zero-order chi connectivity index (χ0) is 27.8. The molecule has 7 nitrogen and oxygen atoms in total. The van der Waals surface area contributed by atoms with E-state index in [4.69, 9.17) is 0 Å². The Hall–Kier alpha value is -1.54. The van der Waals surface area contributed by atoms with E-state index in [1.54, 1.807) is 36.7 Å². The number of piperidine rings is 1. The van der Waals surface area contributed by atoms with E-state index in [2.05, 4.69) is 49.5 Å². The summed E-state index contributed by atoms with van der Waals surface area (Å²) in [6.45, 7) is 17.4. The van der Waals surface area contributed by atoms with Crippen molar-refractivity contribution in [3.63, 3.8) is 0 Å². The number of carbonyl (C=O) groups excluding carboxylic acids is 3. The third kappa shape index (κ3) is 12.6. The highest BCUT2D eigenvalue weighted by molar-refractivity contribution is 7.98. The Balaban J connectivity index is 0.00000387. The molecular weight excluding hydrogens is 472 g/mol. The summed E-state index contributed by atoms with van der Waals surface area (Å²) in [7, 11) is 1.72. The van der Waals surface area contributed by atoms with Crippen molar-refractivity contribution in [3.8, 4) is 0 Å². The molecule has 0 saturated carbocycles. The molecular formula is C28H54N4O3S. The van der Waals surface area contributed by atoms with Crippen LogP contribution in [0.4, 0.5) is 0 Å². The van der Waals surface area contributed by atoms with Crippen LogP contribution in [0.1, 0.15) is 87.5 Å². The SMILES string of the molecule is CCC.CSCCC(C)NC(=O)/C(C)=C/CN(C)C(=O)C(NC(=O)C1CCCCN1C(C)C)C(C)C. The molecule has 3 unspecified atom stereocenters. The van der Waals surface area contributed by atoms with Gasteiger partial charge >= 0.3 is 0 Å². The van der Waals surface area contributed by atoms with E-state index in [0.29, 0.717) is 18.2 Å². The molecule has 2 N–H and O–H groups in total. The molecule has 1 heterocycles. The maximum atomic E-state index is 13.2. The fraction of sp³-hybridized carbons (Fsp3) is 0.821. The average Bonchev–Trinajstić information content (AvgIpc) is 2.83. The van der Waals surface area contributed by atoms with Crippen molar-refractivity contribution in [2.75, 3.05) is 32.1 Å². The zero-order valence-electron chi connectivity index (χ0n) is 24.6. The zero-order valence-corrected chi connectivity index (χ0v) is 25.5. The lowest BCUT2D eigenvalue weighted by atomic mass is 9.97. The number of likely N-dealkylation sites (N-methyl/N-ethyl adjacent to an activating group) is 1. The van der Waals surface area contributed by atoms with E-state index in [1.165, 1.54) is 6.42 Å². The summed E-state index contributed by atoms with van der Waals surface area (Å²) < 4.78 is 0. The number of hydrogen-bond acceptors (Lipinski definition) is 5. The van der Waals surface area contributed by atoms with Gasteiger partial charge in [0.15, 0.2) is 0 Å². The van der Waals surface area contributed by atoms with Gasteiger partial charge in [-0.1, -0.05) is 46.6 Å². The van der Waals surface area contributed by atoms with Gasteiger partial charge in [-0.2, -0.15) is 11.8 Å². The minimum atomic E-state index is -0.590. The molecule has 1 rings (SSSR count). The molecule has 8 heteroatoms. The van der Waals surface area contributed by atoms with Crippen molar-refractivity contribution in [3.05, 3.63) is 11.6 Å². The molecule has 0 radical (unpaired) electrons. The van der Waals surface area contributed by atoms with Crippen molar-refractivity contribution in [1.82, 2.24) is 20.4 Å². The van der Waals surface area contributed by atoms with Crippen LogP contribution in [-0.4, -0.2) is 83.8 Å². The van der Waals surface area contributed by atoms with Crippen molar-refractivity contribution < 1.29 is 14.4 Å². The minimum absolute atomic E-state index is 0.0364. The van der Waals surface area contributed by atoms with E-state index in [1.807, 2.05) is 20.8 Å². The van der Waals surface area contributed by atoms with Crippen LogP contribution >= 0.6 is 11.8 Å². The van der Waals surface area contributed by atoms with Gasteiger partial charge in [-0.25, -0.2) is 0 Å². The molecule has 1 fully saturated rings. The van der Waals surface area contributed by atoms with E-state index < -0.39 is 6.04 Å². The number of amides is 3. The van der Waals surface area contributed by atoms with Crippen molar-refractivity contribution in [1.29, 1.82) is 0 Å². The second kappa shape index (κ2) is 18.7. The Kier molecular flexibility index (Phi) is 17.9. The second-order valence-electron chi connectivity index (χ2n) is 10.5. The lowest BCUT2D eigenvalue weighted by Crippen LogP contribution is -2.57. The molecule has 210 valence electrons. The third-order valence-electron chi connectivity index (χ3n) is 6.28. The van der Waals surface area contributed by atoms with Gasteiger partial charge in [0.1, 0.15) is 6.04 Å². The number of thioether (sulfide) groups is 1. The molecule has 1 aliphatic rings. The standard InChI is InChI=1S/C25H46N4O3S.C3H8/c1-17(2)22(27-24(31)21-11-9-10-14-29(21)18(3)4)25(32)28(7)15-12-19(5)23(30)26-20(6)13-16-33-8;1-3-2/h12,17-18,20-22H,9-11,13-16H2,1-8H3,(H,26,30)(H,27,31);3H2,1-2H3/b19-12+;. The first-order valence-electron chi connectivity index (χ1n) is 13.7. The maximum Gasteiger partial charge on any atom is 0.246 e. The molecule has 0 aromatic rings. The Morgan fingerprint density at radius 1 is 1.08 bits per heavy atom. The Labute approximate surface area is 225 Å². The molecule has 3 atom stereocenters. The largest absolute Gasteiger partial charge is 0.350 e. The summed E-state index contributed by atoms with van der Waals surface area (Å²) in [5.74, 6) is 0.659. The molecule has 1 saturated heterocycles. The number of rotatable bonds is 12. The molecule has 3 amide bonds. The Morgan fingerprint density at radius 2 is 1.69 bits per heavy atom. The van der Waals surface area contributed by atoms with Crippen LogP contribution in [0, 0.1) is 5.92 Å². The highest BCUT2D eigenvalue weighted by atomic mass is 32.2. The van der Waals surface area contributed by atoms with Crippen LogP contribution < -0.4 is 10.6 Å². The van der Waals surface area contributed by atoms with Crippen LogP contribution in [0.25, 0.3) is 0 Å². The van der Waals surface area contributed by atoms with E-state index in [-0.39, 0.29) is 35.7 Å². The highest BCUT2D eigenvalue weighted by Crippen LogP contribution is 2.20. The number of nitrogens with zero attached hydrogens (tertiary/aromatic N) is 2. The van der Waals surface area contributed by atoms with Gasteiger partial charge in [0, 0.05) is 31.2 Å².